The predicted octanol–water partition coefficient (Wildman–Crippen LogP) is 1.87. The molecule has 152 valence electrons. The van der Waals surface area contributed by atoms with Gasteiger partial charge in [0.15, 0.2) is 5.13 Å². The van der Waals surface area contributed by atoms with Gasteiger partial charge in [-0.25, -0.2) is 20.8 Å². The number of thioether (sulfide) groups is 1. The van der Waals surface area contributed by atoms with Gasteiger partial charge in [0, 0.05) is 34.5 Å². The summed E-state index contributed by atoms with van der Waals surface area (Å²) in [6.07, 6.45) is 1.48. The number of hydrazine groups is 1. The topological polar surface area (TPSA) is 180 Å². The van der Waals surface area contributed by atoms with Crippen molar-refractivity contribution in [2.45, 2.75) is 10.8 Å². The molecule has 0 radical (unpaired) electrons. The minimum atomic E-state index is -0.135. The fraction of sp³-hybridized carbons (Fsp3) is 0.167. The van der Waals surface area contributed by atoms with Gasteiger partial charge in [0.05, 0.1) is 17.9 Å². The first-order valence-corrected chi connectivity index (χ1v) is 10.3. The minimum absolute atomic E-state index is 0.0252. The van der Waals surface area contributed by atoms with Crippen LogP contribution in [0.4, 0.5) is 10.9 Å². The fourth-order valence-electron chi connectivity index (χ4n) is 2.54. The monoisotopic (exact) mass is 440 g/mol. The summed E-state index contributed by atoms with van der Waals surface area (Å²) in [6, 6.07) is 7.42. The first-order chi connectivity index (χ1) is 14.6. The molecule has 0 spiro atoms. The fourth-order valence-corrected chi connectivity index (χ4v) is 4.15. The quantitative estimate of drug-likeness (QED) is 0.228. The van der Waals surface area contributed by atoms with Crippen molar-refractivity contribution in [3.05, 3.63) is 40.5 Å². The molecule has 0 aliphatic heterocycles. The van der Waals surface area contributed by atoms with Crippen LogP contribution >= 0.6 is 23.1 Å². The molecule has 3 heterocycles. The van der Waals surface area contributed by atoms with Gasteiger partial charge < -0.3 is 15.6 Å². The number of rotatable bonds is 8. The molecule has 0 fully saturated rings. The molecule has 0 saturated heterocycles. The Morgan fingerprint density at radius 1 is 1.23 bits per heavy atom. The third kappa shape index (κ3) is 4.59. The summed E-state index contributed by atoms with van der Waals surface area (Å²) in [6.45, 7) is -0.0237. The summed E-state index contributed by atoms with van der Waals surface area (Å²) in [5.41, 5.74) is 10.5. The number of aliphatic hydroxyl groups excluding tert-OH is 1. The lowest BCUT2D eigenvalue weighted by atomic mass is 9.98. The van der Waals surface area contributed by atoms with Gasteiger partial charge in [-0.2, -0.15) is 10.5 Å². The molecule has 3 aromatic rings. The Morgan fingerprint density at radius 2 is 2.03 bits per heavy atom. The molecule has 0 unspecified atom stereocenters. The molecule has 3 rings (SSSR count). The Hall–Kier alpha value is -3.42. The van der Waals surface area contributed by atoms with Crippen molar-refractivity contribution in [1.29, 1.82) is 10.5 Å². The lowest BCUT2D eigenvalue weighted by molar-refractivity contribution is 0.196. The van der Waals surface area contributed by atoms with Crippen LogP contribution in [0.3, 0.4) is 0 Å². The summed E-state index contributed by atoms with van der Waals surface area (Å²) < 4.78 is 5.25. The van der Waals surface area contributed by atoms with Crippen molar-refractivity contribution in [2.24, 2.45) is 5.84 Å². The highest BCUT2D eigenvalue weighted by Gasteiger charge is 2.21. The second kappa shape index (κ2) is 9.87. The number of nitrogens with zero attached hydrogens (tertiary/aromatic N) is 5. The van der Waals surface area contributed by atoms with Crippen LogP contribution < -0.4 is 21.7 Å². The number of nitrogens with two attached hydrogens (primary N) is 2. The van der Waals surface area contributed by atoms with Crippen molar-refractivity contribution < 1.29 is 9.84 Å². The van der Waals surface area contributed by atoms with E-state index in [0.717, 1.165) is 5.69 Å². The van der Waals surface area contributed by atoms with Gasteiger partial charge >= 0.3 is 0 Å². The Balaban J connectivity index is 1.99. The summed E-state index contributed by atoms with van der Waals surface area (Å²) in [5.74, 6) is 6.13. The third-order valence-corrected chi connectivity index (χ3v) is 5.65. The number of hydrogen-bond acceptors (Lipinski definition) is 12. The SMILES string of the molecule is N#Cc1c(N)nc(SCc2csc(NN)n2)c(C#N)c1-c1ccc(OCCO)nc1. The van der Waals surface area contributed by atoms with Gasteiger partial charge in [-0.05, 0) is 6.07 Å². The third-order valence-electron chi connectivity index (χ3n) is 3.81. The zero-order valence-electron chi connectivity index (χ0n) is 15.5. The highest BCUT2D eigenvalue weighted by molar-refractivity contribution is 7.98. The lowest BCUT2D eigenvalue weighted by Gasteiger charge is -2.13. The van der Waals surface area contributed by atoms with E-state index in [1.165, 1.54) is 29.3 Å². The molecular weight excluding hydrogens is 424 g/mol. The van der Waals surface area contributed by atoms with Crippen molar-refractivity contribution >= 4 is 34.0 Å². The highest BCUT2D eigenvalue weighted by Crippen LogP contribution is 2.36. The van der Waals surface area contributed by atoms with Gasteiger partial charge in [0.1, 0.15) is 35.2 Å². The maximum atomic E-state index is 9.82. The molecule has 0 aliphatic carbocycles. The molecule has 0 bridgehead atoms. The summed E-state index contributed by atoms with van der Waals surface area (Å²) in [7, 11) is 0. The molecular formula is C18H16N8O2S2. The lowest BCUT2D eigenvalue weighted by Crippen LogP contribution is -2.06. The normalized spacial score (nSPS) is 10.3. The molecule has 0 atom stereocenters. The zero-order valence-corrected chi connectivity index (χ0v) is 17.1. The smallest absolute Gasteiger partial charge is 0.213 e. The summed E-state index contributed by atoms with van der Waals surface area (Å²) >= 11 is 2.65. The first-order valence-electron chi connectivity index (χ1n) is 8.48. The number of nitrogens with one attached hydrogen (secondary N) is 1. The second-order valence-electron chi connectivity index (χ2n) is 5.68. The molecule has 0 amide bonds. The summed E-state index contributed by atoms with van der Waals surface area (Å²) in [4.78, 5) is 12.7. The van der Waals surface area contributed by atoms with Crippen LogP contribution in [-0.2, 0) is 5.75 Å². The van der Waals surface area contributed by atoms with Crippen molar-refractivity contribution in [3.8, 4) is 29.1 Å². The van der Waals surface area contributed by atoms with E-state index in [2.05, 4.69) is 26.4 Å². The average Bonchev–Trinajstić information content (AvgIpc) is 3.24. The standard InChI is InChI=1S/C18H16N8O2S2/c19-5-12-15(10-1-2-14(23-7-10)28-4-3-27)13(6-20)17(25-16(12)21)29-8-11-9-30-18(24-11)26-22/h1-2,7,9,27H,3-4,8,22H2,(H2,21,25)(H,24,26). The van der Waals surface area contributed by atoms with Crippen LogP contribution in [0.2, 0.25) is 0 Å². The second-order valence-corrected chi connectivity index (χ2v) is 7.51. The largest absolute Gasteiger partial charge is 0.475 e. The van der Waals surface area contributed by atoms with E-state index >= 15 is 0 Å². The van der Waals surface area contributed by atoms with Gasteiger partial charge in [-0.1, -0.05) is 11.8 Å². The molecule has 0 aliphatic rings. The molecule has 6 N–H and O–H groups in total. The van der Waals surface area contributed by atoms with Crippen molar-refractivity contribution in [1.82, 2.24) is 15.0 Å². The van der Waals surface area contributed by atoms with E-state index < -0.39 is 0 Å². The van der Waals surface area contributed by atoms with Gasteiger partial charge in [-0.3, -0.25) is 5.43 Å². The van der Waals surface area contributed by atoms with E-state index in [-0.39, 0.29) is 30.2 Å². The predicted molar refractivity (Wildman–Crippen MR) is 113 cm³/mol. The highest BCUT2D eigenvalue weighted by atomic mass is 32.2. The molecule has 0 aromatic carbocycles. The van der Waals surface area contributed by atoms with Crippen molar-refractivity contribution in [2.75, 3.05) is 24.4 Å². The number of pyridine rings is 2. The number of ether oxygens (including phenoxy) is 1. The Bertz CT molecular complexity index is 1120. The van der Waals surface area contributed by atoms with Crippen LogP contribution in [0.25, 0.3) is 11.1 Å². The van der Waals surface area contributed by atoms with Crippen LogP contribution in [0, 0.1) is 22.7 Å². The first kappa shape index (κ1) is 21.3. The van der Waals surface area contributed by atoms with E-state index in [0.29, 0.717) is 32.9 Å². The van der Waals surface area contributed by atoms with Crippen molar-refractivity contribution in [3.63, 3.8) is 0 Å². The number of anilines is 2. The van der Waals surface area contributed by atoms with E-state index in [4.69, 9.17) is 21.4 Å². The average molecular weight is 441 g/mol. The number of thiazole rings is 1. The van der Waals surface area contributed by atoms with Crippen LogP contribution in [0.5, 0.6) is 5.88 Å². The maximum Gasteiger partial charge on any atom is 0.213 e. The Labute approximate surface area is 180 Å². The number of nitrogen functional groups attached to an aromatic ring is 2. The minimum Gasteiger partial charge on any atom is -0.475 e. The molecule has 3 aromatic heterocycles. The van der Waals surface area contributed by atoms with Gasteiger partial charge in [-0.15, -0.1) is 11.3 Å². The van der Waals surface area contributed by atoms with E-state index in [1.807, 2.05) is 11.4 Å². The van der Waals surface area contributed by atoms with Crippen LogP contribution in [0.1, 0.15) is 16.8 Å². The van der Waals surface area contributed by atoms with Crippen LogP contribution in [-0.4, -0.2) is 33.3 Å². The number of nitriles is 2. The maximum absolute atomic E-state index is 9.82. The number of aliphatic hydroxyl groups is 1. The number of aromatic nitrogens is 3. The van der Waals surface area contributed by atoms with E-state index in [1.54, 1.807) is 12.1 Å². The van der Waals surface area contributed by atoms with Gasteiger partial charge in [0.25, 0.3) is 0 Å². The Kier molecular flexibility index (Phi) is 7.00. The molecule has 10 nitrogen and oxygen atoms in total. The summed E-state index contributed by atoms with van der Waals surface area (Å²) in [5, 5.41) is 31.1. The van der Waals surface area contributed by atoms with Crippen LogP contribution in [0.15, 0.2) is 28.7 Å². The van der Waals surface area contributed by atoms with E-state index in [9.17, 15) is 10.5 Å². The molecule has 0 saturated carbocycles. The molecule has 30 heavy (non-hydrogen) atoms. The number of hydrogen-bond donors (Lipinski definition) is 4. The van der Waals surface area contributed by atoms with Gasteiger partial charge in [0.2, 0.25) is 5.88 Å². The zero-order chi connectivity index (χ0) is 21.5. The molecule has 12 heteroatoms. The Morgan fingerprint density at radius 3 is 2.63 bits per heavy atom.